The van der Waals surface area contributed by atoms with Gasteiger partial charge in [-0.1, -0.05) is 25.0 Å². The van der Waals surface area contributed by atoms with Crippen LogP contribution in [-0.2, 0) is 16.1 Å². The van der Waals surface area contributed by atoms with Crippen LogP contribution in [0.4, 0.5) is 4.39 Å². The monoisotopic (exact) mass is 251 g/mol. The van der Waals surface area contributed by atoms with Crippen molar-refractivity contribution < 1.29 is 14.0 Å². The molecule has 0 saturated heterocycles. The number of nitrogens with one attached hydrogen (secondary N) is 1. The molecule has 1 aliphatic rings. The number of rotatable bonds is 5. The number of benzene rings is 1. The maximum atomic E-state index is 12.7. The van der Waals surface area contributed by atoms with Gasteiger partial charge in [-0.05, 0) is 37.0 Å². The Balaban J connectivity index is 1.66. The summed E-state index contributed by atoms with van der Waals surface area (Å²) in [5, 5.41) is 0. The van der Waals surface area contributed by atoms with Gasteiger partial charge in [0.25, 0.3) is 0 Å². The molecule has 0 bridgehead atoms. The van der Waals surface area contributed by atoms with E-state index in [-0.39, 0.29) is 17.8 Å². The largest absolute Gasteiger partial charge is 0.273 e. The first-order valence-electron chi connectivity index (χ1n) is 6.43. The van der Waals surface area contributed by atoms with Crippen molar-refractivity contribution in [3.05, 3.63) is 35.6 Å². The number of aryl methyl sites for hydroxylation is 1. The van der Waals surface area contributed by atoms with E-state index in [2.05, 4.69) is 5.48 Å². The SMILES string of the molecule is O=C(CCc1ccc(F)cc1)NOC1CCCC1. The Morgan fingerprint density at radius 1 is 1.28 bits per heavy atom. The van der Waals surface area contributed by atoms with Crippen molar-refractivity contribution in [1.82, 2.24) is 5.48 Å². The van der Waals surface area contributed by atoms with Crippen LogP contribution in [0.3, 0.4) is 0 Å². The van der Waals surface area contributed by atoms with Gasteiger partial charge in [-0.3, -0.25) is 9.63 Å². The fraction of sp³-hybridized carbons (Fsp3) is 0.500. The highest BCUT2D eigenvalue weighted by atomic mass is 19.1. The average molecular weight is 251 g/mol. The van der Waals surface area contributed by atoms with Gasteiger partial charge in [-0.2, -0.15) is 0 Å². The molecule has 0 heterocycles. The molecule has 1 fully saturated rings. The summed E-state index contributed by atoms with van der Waals surface area (Å²) in [4.78, 5) is 16.8. The number of amides is 1. The van der Waals surface area contributed by atoms with E-state index in [1.807, 2.05) is 0 Å². The molecule has 98 valence electrons. The maximum Gasteiger partial charge on any atom is 0.243 e. The van der Waals surface area contributed by atoms with Gasteiger partial charge in [0.1, 0.15) is 5.82 Å². The van der Waals surface area contributed by atoms with E-state index in [1.54, 1.807) is 12.1 Å². The van der Waals surface area contributed by atoms with Crippen LogP contribution in [0.25, 0.3) is 0 Å². The summed E-state index contributed by atoms with van der Waals surface area (Å²) in [6.07, 6.45) is 5.54. The van der Waals surface area contributed by atoms with Crippen LogP contribution < -0.4 is 5.48 Å². The smallest absolute Gasteiger partial charge is 0.243 e. The topological polar surface area (TPSA) is 38.3 Å². The number of carbonyl (C=O) groups is 1. The molecule has 1 aliphatic carbocycles. The molecule has 18 heavy (non-hydrogen) atoms. The van der Waals surface area contributed by atoms with E-state index >= 15 is 0 Å². The third-order valence-corrected chi connectivity index (χ3v) is 3.20. The third-order valence-electron chi connectivity index (χ3n) is 3.20. The minimum absolute atomic E-state index is 0.119. The second-order valence-corrected chi connectivity index (χ2v) is 4.68. The van der Waals surface area contributed by atoms with E-state index in [1.165, 1.54) is 25.0 Å². The molecule has 0 spiro atoms. The quantitative estimate of drug-likeness (QED) is 0.817. The van der Waals surface area contributed by atoms with E-state index < -0.39 is 0 Å². The van der Waals surface area contributed by atoms with E-state index in [9.17, 15) is 9.18 Å². The van der Waals surface area contributed by atoms with Gasteiger partial charge < -0.3 is 0 Å². The molecule has 0 aliphatic heterocycles. The van der Waals surface area contributed by atoms with Crippen molar-refractivity contribution in [2.45, 2.75) is 44.6 Å². The molecule has 2 rings (SSSR count). The predicted molar refractivity (Wildman–Crippen MR) is 66.2 cm³/mol. The number of hydroxylamine groups is 1. The lowest BCUT2D eigenvalue weighted by Gasteiger charge is -2.11. The van der Waals surface area contributed by atoms with Crippen LogP contribution in [0, 0.1) is 5.82 Å². The molecule has 0 radical (unpaired) electrons. The van der Waals surface area contributed by atoms with Gasteiger partial charge in [0.15, 0.2) is 0 Å². The molecule has 4 heteroatoms. The van der Waals surface area contributed by atoms with Gasteiger partial charge in [0, 0.05) is 6.42 Å². The summed E-state index contributed by atoms with van der Waals surface area (Å²) in [6.45, 7) is 0. The van der Waals surface area contributed by atoms with Gasteiger partial charge >= 0.3 is 0 Å². The zero-order valence-corrected chi connectivity index (χ0v) is 10.3. The van der Waals surface area contributed by atoms with E-state index in [4.69, 9.17) is 4.84 Å². The molecule has 1 N–H and O–H groups in total. The van der Waals surface area contributed by atoms with Crippen LogP contribution in [0.2, 0.25) is 0 Å². The first-order valence-corrected chi connectivity index (χ1v) is 6.43. The van der Waals surface area contributed by atoms with Crippen molar-refractivity contribution in [2.24, 2.45) is 0 Å². The lowest BCUT2D eigenvalue weighted by Crippen LogP contribution is -2.28. The molecule has 1 amide bonds. The first-order chi connectivity index (χ1) is 8.74. The number of carbonyl (C=O) groups excluding carboxylic acids is 1. The third kappa shape index (κ3) is 4.11. The molecule has 1 aromatic rings. The molecule has 0 aromatic heterocycles. The Morgan fingerprint density at radius 2 is 1.94 bits per heavy atom. The van der Waals surface area contributed by atoms with Crippen molar-refractivity contribution in [3.63, 3.8) is 0 Å². The molecule has 0 unspecified atom stereocenters. The Labute approximate surface area is 106 Å². The Morgan fingerprint density at radius 3 is 2.61 bits per heavy atom. The second kappa shape index (κ2) is 6.50. The van der Waals surface area contributed by atoms with Crippen molar-refractivity contribution in [2.75, 3.05) is 0 Å². The summed E-state index contributed by atoms with van der Waals surface area (Å²) < 4.78 is 12.7. The summed E-state index contributed by atoms with van der Waals surface area (Å²) in [7, 11) is 0. The highest BCUT2D eigenvalue weighted by Crippen LogP contribution is 2.19. The van der Waals surface area contributed by atoms with Crippen molar-refractivity contribution in [3.8, 4) is 0 Å². The van der Waals surface area contributed by atoms with Gasteiger partial charge in [-0.25, -0.2) is 9.87 Å². The fourth-order valence-corrected chi connectivity index (χ4v) is 2.12. The minimum Gasteiger partial charge on any atom is -0.273 e. The van der Waals surface area contributed by atoms with Crippen LogP contribution in [-0.4, -0.2) is 12.0 Å². The lowest BCUT2D eigenvalue weighted by molar-refractivity contribution is -0.138. The molecular formula is C14H18FNO2. The zero-order chi connectivity index (χ0) is 12.8. The summed E-state index contributed by atoms with van der Waals surface area (Å²) in [6, 6.07) is 6.20. The normalized spacial score (nSPS) is 15.8. The summed E-state index contributed by atoms with van der Waals surface area (Å²) in [5.74, 6) is -0.376. The second-order valence-electron chi connectivity index (χ2n) is 4.68. The summed E-state index contributed by atoms with van der Waals surface area (Å²) >= 11 is 0. The Hall–Kier alpha value is -1.42. The highest BCUT2D eigenvalue weighted by molar-refractivity contribution is 5.75. The van der Waals surface area contributed by atoms with Gasteiger partial charge in [-0.15, -0.1) is 0 Å². The van der Waals surface area contributed by atoms with Crippen molar-refractivity contribution in [1.29, 1.82) is 0 Å². The van der Waals surface area contributed by atoms with Crippen LogP contribution in [0.1, 0.15) is 37.7 Å². The number of hydrogen-bond donors (Lipinski definition) is 1. The predicted octanol–water partition coefficient (Wildman–Crippen LogP) is 2.75. The average Bonchev–Trinajstić information content (AvgIpc) is 2.89. The number of hydrogen-bond acceptors (Lipinski definition) is 2. The van der Waals surface area contributed by atoms with Crippen LogP contribution in [0.15, 0.2) is 24.3 Å². The fourth-order valence-electron chi connectivity index (χ4n) is 2.12. The van der Waals surface area contributed by atoms with Crippen LogP contribution in [0.5, 0.6) is 0 Å². The Kier molecular flexibility index (Phi) is 4.70. The van der Waals surface area contributed by atoms with Crippen LogP contribution >= 0.6 is 0 Å². The summed E-state index contributed by atoms with van der Waals surface area (Å²) in [5.41, 5.74) is 3.44. The molecule has 1 aromatic carbocycles. The lowest BCUT2D eigenvalue weighted by atomic mass is 10.1. The van der Waals surface area contributed by atoms with Gasteiger partial charge in [0.05, 0.1) is 6.10 Å². The van der Waals surface area contributed by atoms with Crippen molar-refractivity contribution >= 4 is 5.91 Å². The molecule has 0 atom stereocenters. The number of halogens is 1. The Bertz CT molecular complexity index is 385. The molecule has 3 nitrogen and oxygen atoms in total. The highest BCUT2D eigenvalue weighted by Gasteiger charge is 2.16. The van der Waals surface area contributed by atoms with E-state index in [0.717, 1.165) is 18.4 Å². The molecule has 1 saturated carbocycles. The first kappa shape index (κ1) is 13.0. The maximum absolute atomic E-state index is 12.7. The van der Waals surface area contributed by atoms with Gasteiger partial charge in [0.2, 0.25) is 5.91 Å². The molecular weight excluding hydrogens is 233 g/mol. The zero-order valence-electron chi connectivity index (χ0n) is 10.3. The minimum atomic E-state index is -0.257. The van der Waals surface area contributed by atoms with E-state index in [0.29, 0.717) is 12.8 Å². The standard InChI is InChI=1S/C14H18FNO2/c15-12-8-5-11(6-9-12)7-10-14(17)16-18-13-3-1-2-4-13/h5-6,8-9,13H,1-4,7,10H2,(H,16,17).